The molecule has 23 heavy (non-hydrogen) atoms. The van der Waals surface area contributed by atoms with Gasteiger partial charge in [-0.05, 0) is 60.2 Å². The summed E-state index contributed by atoms with van der Waals surface area (Å²) < 4.78 is 10.8. The van der Waals surface area contributed by atoms with E-state index in [9.17, 15) is 0 Å². The van der Waals surface area contributed by atoms with Crippen LogP contribution in [0.4, 0.5) is 0 Å². The van der Waals surface area contributed by atoms with Crippen molar-refractivity contribution in [1.82, 2.24) is 5.32 Å². The van der Waals surface area contributed by atoms with Crippen LogP contribution < -0.4 is 14.8 Å². The molecule has 1 aliphatic heterocycles. The van der Waals surface area contributed by atoms with E-state index in [1.165, 1.54) is 21.6 Å². The lowest BCUT2D eigenvalue weighted by atomic mass is 9.88. The van der Waals surface area contributed by atoms with Gasteiger partial charge >= 0.3 is 0 Å². The Morgan fingerprint density at radius 2 is 1.87 bits per heavy atom. The van der Waals surface area contributed by atoms with E-state index in [1.807, 2.05) is 12.1 Å². The molecule has 3 nitrogen and oxygen atoms in total. The highest BCUT2D eigenvalue weighted by molar-refractivity contribution is 7.98. The van der Waals surface area contributed by atoms with Crippen LogP contribution >= 0.6 is 11.8 Å². The minimum Gasteiger partial charge on any atom is -0.497 e. The molecule has 0 aliphatic carbocycles. The molecule has 0 bridgehead atoms. The van der Waals surface area contributed by atoms with Crippen LogP contribution in [0, 0.1) is 0 Å². The Morgan fingerprint density at radius 1 is 1.09 bits per heavy atom. The van der Waals surface area contributed by atoms with Crippen molar-refractivity contribution in [3.63, 3.8) is 0 Å². The van der Waals surface area contributed by atoms with Gasteiger partial charge in [0.05, 0.1) is 14.2 Å². The van der Waals surface area contributed by atoms with Crippen LogP contribution in [0.15, 0.2) is 41.3 Å². The number of hydrogen-bond donors (Lipinski definition) is 1. The lowest BCUT2D eigenvalue weighted by Crippen LogP contribution is -2.20. The summed E-state index contributed by atoms with van der Waals surface area (Å²) in [7, 11) is 3.45. The first-order valence-electron chi connectivity index (χ1n) is 7.86. The molecule has 1 N–H and O–H groups in total. The number of benzene rings is 2. The fourth-order valence-corrected chi connectivity index (χ4v) is 3.78. The molecular weight excluding hydrogens is 306 g/mol. The van der Waals surface area contributed by atoms with E-state index < -0.39 is 0 Å². The molecule has 4 heteroatoms. The number of fused-ring (bicyclic) bond motifs is 1. The van der Waals surface area contributed by atoms with Crippen molar-refractivity contribution < 1.29 is 9.47 Å². The van der Waals surface area contributed by atoms with Gasteiger partial charge in [0, 0.05) is 17.4 Å². The van der Waals surface area contributed by atoms with Crippen molar-refractivity contribution in [2.24, 2.45) is 0 Å². The maximum atomic E-state index is 5.56. The molecule has 2 aromatic rings. The number of methoxy groups -OCH3 is 2. The largest absolute Gasteiger partial charge is 0.497 e. The normalized spacial score (nSPS) is 17.3. The molecule has 0 saturated heterocycles. The van der Waals surface area contributed by atoms with E-state index in [2.05, 4.69) is 35.8 Å². The maximum absolute atomic E-state index is 5.56. The van der Waals surface area contributed by atoms with E-state index in [4.69, 9.17) is 9.47 Å². The highest BCUT2D eigenvalue weighted by Gasteiger charge is 2.22. The van der Waals surface area contributed by atoms with Gasteiger partial charge in [0.2, 0.25) is 0 Å². The number of rotatable bonds is 4. The summed E-state index contributed by atoms with van der Waals surface area (Å²) in [6.45, 7) is 1.96. The topological polar surface area (TPSA) is 30.5 Å². The lowest BCUT2D eigenvalue weighted by molar-refractivity contribution is 0.404. The van der Waals surface area contributed by atoms with E-state index in [0.29, 0.717) is 5.92 Å². The molecule has 0 saturated carbocycles. The van der Waals surface area contributed by atoms with Gasteiger partial charge in [-0.3, -0.25) is 0 Å². The van der Waals surface area contributed by atoms with Crippen molar-refractivity contribution in [3.05, 3.63) is 53.1 Å². The molecule has 1 atom stereocenters. The Balaban J connectivity index is 2.05. The van der Waals surface area contributed by atoms with Crippen LogP contribution in [0.3, 0.4) is 0 Å². The first-order chi connectivity index (χ1) is 11.3. The maximum Gasteiger partial charge on any atom is 0.132 e. The second-order valence-corrected chi connectivity index (χ2v) is 6.53. The molecule has 0 radical (unpaired) electrons. The Kier molecular flexibility index (Phi) is 5.13. The van der Waals surface area contributed by atoms with Gasteiger partial charge < -0.3 is 14.8 Å². The Hall–Kier alpha value is -1.65. The summed E-state index contributed by atoms with van der Waals surface area (Å²) in [6, 6.07) is 12.9. The summed E-state index contributed by atoms with van der Waals surface area (Å²) in [4.78, 5) is 1.20. The summed E-state index contributed by atoms with van der Waals surface area (Å²) in [5, 5.41) is 3.57. The van der Waals surface area contributed by atoms with Crippen LogP contribution in [0.25, 0.3) is 0 Å². The van der Waals surface area contributed by atoms with Gasteiger partial charge in [-0.25, -0.2) is 0 Å². The fraction of sp³-hybridized carbons (Fsp3) is 0.368. The summed E-state index contributed by atoms with van der Waals surface area (Å²) in [5.74, 6) is 2.23. The predicted molar refractivity (Wildman–Crippen MR) is 96.2 cm³/mol. The van der Waals surface area contributed by atoms with Crippen LogP contribution in [-0.2, 0) is 6.42 Å². The average molecular weight is 329 g/mol. The standard InChI is InChI=1S/C19H23NO2S/c1-21-15-6-4-13(5-7-15)17-12-20-9-8-14-10-18(22-2)19(23-3)11-16(14)17/h4-7,10-11,17,20H,8-9,12H2,1-3H3. The first kappa shape index (κ1) is 16.2. The van der Waals surface area contributed by atoms with E-state index in [-0.39, 0.29) is 0 Å². The van der Waals surface area contributed by atoms with Crippen molar-refractivity contribution >= 4 is 11.8 Å². The number of hydrogen-bond acceptors (Lipinski definition) is 4. The quantitative estimate of drug-likeness (QED) is 0.867. The number of ether oxygens (including phenoxy) is 2. The Labute approximate surface area is 142 Å². The van der Waals surface area contributed by atoms with Crippen LogP contribution in [-0.4, -0.2) is 33.6 Å². The molecule has 0 fully saturated rings. The summed E-state index contributed by atoms with van der Waals surface area (Å²) >= 11 is 1.74. The fourth-order valence-electron chi connectivity index (χ4n) is 3.19. The van der Waals surface area contributed by atoms with Crippen molar-refractivity contribution in [1.29, 1.82) is 0 Å². The van der Waals surface area contributed by atoms with Crippen molar-refractivity contribution in [2.45, 2.75) is 17.2 Å². The molecule has 122 valence electrons. The molecule has 0 spiro atoms. The molecule has 3 rings (SSSR count). The van der Waals surface area contributed by atoms with Crippen LogP contribution in [0.2, 0.25) is 0 Å². The Bertz CT molecular complexity index is 670. The molecule has 1 heterocycles. The third-order valence-electron chi connectivity index (χ3n) is 4.46. The van der Waals surface area contributed by atoms with Crippen molar-refractivity contribution in [3.8, 4) is 11.5 Å². The first-order valence-corrected chi connectivity index (χ1v) is 9.08. The van der Waals surface area contributed by atoms with E-state index >= 15 is 0 Å². The third kappa shape index (κ3) is 3.33. The zero-order valence-corrected chi connectivity index (χ0v) is 14.7. The van der Waals surface area contributed by atoms with Crippen LogP contribution in [0.5, 0.6) is 11.5 Å². The average Bonchev–Trinajstić information content (AvgIpc) is 2.82. The molecule has 0 aromatic heterocycles. The number of nitrogens with one attached hydrogen (secondary N) is 1. The monoisotopic (exact) mass is 329 g/mol. The Morgan fingerprint density at radius 3 is 2.52 bits per heavy atom. The highest BCUT2D eigenvalue weighted by Crippen LogP contribution is 2.37. The summed E-state index contributed by atoms with van der Waals surface area (Å²) in [6.07, 6.45) is 3.13. The molecule has 2 aromatic carbocycles. The van der Waals surface area contributed by atoms with Gasteiger partial charge in [0.25, 0.3) is 0 Å². The smallest absolute Gasteiger partial charge is 0.132 e. The molecule has 1 aliphatic rings. The SMILES string of the molecule is COc1ccc(C2CNCCc3cc(OC)c(SC)cc32)cc1. The zero-order chi connectivity index (χ0) is 16.2. The molecule has 0 amide bonds. The van der Waals surface area contributed by atoms with E-state index in [0.717, 1.165) is 31.0 Å². The van der Waals surface area contributed by atoms with Crippen LogP contribution in [0.1, 0.15) is 22.6 Å². The minimum atomic E-state index is 0.357. The second-order valence-electron chi connectivity index (χ2n) is 5.69. The van der Waals surface area contributed by atoms with Gasteiger partial charge in [0.15, 0.2) is 0 Å². The third-order valence-corrected chi connectivity index (χ3v) is 5.22. The zero-order valence-electron chi connectivity index (χ0n) is 13.9. The summed E-state index contributed by atoms with van der Waals surface area (Å²) in [5.41, 5.74) is 4.11. The van der Waals surface area contributed by atoms with E-state index in [1.54, 1.807) is 26.0 Å². The number of thioether (sulfide) groups is 1. The molecular formula is C19H23NO2S. The van der Waals surface area contributed by atoms with Gasteiger partial charge in [-0.15, -0.1) is 11.8 Å². The van der Waals surface area contributed by atoms with Gasteiger partial charge in [-0.1, -0.05) is 12.1 Å². The lowest BCUT2D eigenvalue weighted by Gasteiger charge is -2.20. The highest BCUT2D eigenvalue weighted by atomic mass is 32.2. The minimum absolute atomic E-state index is 0.357. The van der Waals surface area contributed by atoms with Gasteiger partial charge in [-0.2, -0.15) is 0 Å². The second kappa shape index (κ2) is 7.28. The molecule has 1 unspecified atom stereocenters. The van der Waals surface area contributed by atoms with Crippen molar-refractivity contribution in [2.75, 3.05) is 33.6 Å². The van der Waals surface area contributed by atoms with Gasteiger partial charge in [0.1, 0.15) is 11.5 Å². The predicted octanol–water partition coefficient (Wildman–Crippen LogP) is 3.70.